The third-order valence-electron chi connectivity index (χ3n) is 4.33. The number of nitrogens with zero attached hydrogens (tertiary/aromatic N) is 4. The molecule has 2 aromatic heterocycles. The predicted molar refractivity (Wildman–Crippen MR) is 82.4 cm³/mol. The molecular weight excluding hydrogens is 314 g/mol. The third kappa shape index (κ3) is 2.47. The molecule has 1 saturated heterocycles. The minimum Gasteiger partial charge on any atom is -0.480 e. The van der Waals surface area contributed by atoms with Gasteiger partial charge in [-0.25, -0.2) is 14.3 Å². The summed E-state index contributed by atoms with van der Waals surface area (Å²) in [4.78, 5) is 41.3. The van der Waals surface area contributed by atoms with Gasteiger partial charge in [0.15, 0.2) is 5.65 Å². The molecular formula is C15H17N5O4. The van der Waals surface area contributed by atoms with Crippen LogP contribution in [0.2, 0.25) is 0 Å². The summed E-state index contributed by atoms with van der Waals surface area (Å²) in [7, 11) is 0. The van der Waals surface area contributed by atoms with E-state index in [2.05, 4.69) is 10.1 Å². The minimum atomic E-state index is -1.03. The standard InChI is InChI=1S/C15H17N5O4/c1-8-3-2-6-19(11(8)15(23)24)14(22)10-4-5-17-13-9(12(16)21)7-18-20(10)13/h4-5,7-8,11H,2-3,6H2,1H3,(H2,16,21)(H,23,24). The van der Waals surface area contributed by atoms with Crippen molar-refractivity contribution in [1.29, 1.82) is 0 Å². The summed E-state index contributed by atoms with van der Waals surface area (Å²) in [5.41, 5.74) is 5.69. The summed E-state index contributed by atoms with van der Waals surface area (Å²) in [5, 5.41) is 13.5. The quantitative estimate of drug-likeness (QED) is 0.823. The van der Waals surface area contributed by atoms with Crippen molar-refractivity contribution in [2.24, 2.45) is 11.7 Å². The Balaban J connectivity index is 2.05. The maximum absolute atomic E-state index is 12.9. The van der Waals surface area contributed by atoms with Crippen molar-refractivity contribution in [2.75, 3.05) is 6.54 Å². The number of aliphatic carboxylic acids is 1. The number of carboxylic acids is 1. The molecule has 9 nitrogen and oxygen atoms in total. The van der Waals surface area contributed by atoms with E-state index in [0.717, 1.165) is 12.8 Å². The Bertz CT molecular complexity index is 830. The zero-order valence-corrected chi connectivity index (χ0v) is 13.0. The molecule has 0 spiro atoms. The first kappa shape index (κ1) is 15.9. The van der Waals surface area contributed by atoms with Gasteiger partial charge in [0.2, 0.25) is 0 Å². The molecule has 0 bridgehead atoms. The lowest BCUT2D eigenvalue weighted by Gasteiger charge is -2.37. The van der Waals surface area contributed by atoms with Crippen LogP contribution in [0.3, 0.4) is 0 Å². The fourth-order valence-electron chi connectivity index (χ4n) is 3.17. The number of hydrogen-bond donors (Lipinski definition) is 2. The number of primary amides is 1. The number of hydrogen-bond acceptors (Lipinski definition) is 5. The lowest BCUT2D eigenvalue weighted by molar-refractivity contribution is -0.145. The zero-order chi connectivity index (χ0) is 17.4. The van der Waals surface area contributed by atoms with Crippen LogP contribution in [0.15, 0.2) is 18.5 Å². The number of rotatable bonds is 3. The van der Waals surface area contributed by atoms with Gasteiger partial charge in [0.25, 0.3) is 11.8 Å². The van der Waals surface area contributed by atoms with Crippen LogP contribution in [0.5, 0.6) is 0 Å². The van der Waals surface area contributed by atoms with Gasteiger partial charge in [0, 0.05) is 12.7 Å². The number of carbonyl (C=O) groups is 3. The van der Waals surface area contributed by atoms with Crippen LogP contribution in [0.4, 0.5) is 0 Å². The molecule has 1 aliphatic rings. The van der Waals surface area contributed by atoms with Gasteiger partial charge in [0.05, 0.1) is 6.20 Å². The van der Waals surface area contributed by atoms with E-state index in [4.69, 9.17) is 5.73 Å². The van der Waals surface area contributed by atoms with Gasteiger partial charge < -0.3 is 15.7 Å². The van der Waals surface area contributed by atoms with Gasteiger partial charge in [0.1, 0.15) is 17.3 Å². The van der Waals surface area contributed by atoms with Crippen molar-refractivity contribution in [1.82, 2.24) is 19.5 Å². The van der Waals surface area contributed by atoms with Gasteiger partial charge in [-0.05, 0) is 24.8 Å². The predicted octanol–water partition coefficient (Wildman–Crippen LogP) is 0.154. The van der Waals surface area contributed by atoms with E-state index in [1.807, 2.05) is 6.92 Å². The molecule has 0 saturated carbocycles. The Morgan fingerprint density at radius 3 is 2.79 bits per heavy atom. The first-order chi connectivity index (χ1) is 11.4. The molecule has 1 aliphatic heterocycles. The fourth-order valence-corrected chi connectivity index (χ4v) is 3.17. The van der Waals surface area contributed by atoms with Crippen molar-refractivity contribution >= 4 is 23.4 Å². The molecule has 24 heavy (non-hydrogen) atoms. The van der Waals surface area contributed by atoms with Gasteiger partial charge in [-0.15, -0.1) is 0 Å². The van der Waals surface area contributed by atoms with Crippen LogP contribution in [0.25, 0.3) is 5.65 Å². The summed E-state index contributed by atoms with van der Waals surface area (Å²) < 4.78 is 1.22. The number of likely N-dealkylation sites (tertiary alicyclic amines) is 1. The summed E-state index contributed by atoms with van der Waals surface area (Å²) in [5.74, 6) is -2.33. The molecule has 3 rings (SSSR count). The molecule has 3 N–H and O–H groups in total. The summed E-state index contributed by atoms with van der Waals surface area (Å²) in [6.45, 7) is 2.17. The number of fused-ring (bicyclic) bond motifs is 1. The topological polar surface area (TPSA) is 131 Å². The van der Waals surface area contributed by atoms with E-state index in [9.17, 15) is 19.5 Å². The number of piperidine rings is 1. The van der Waals surface area contributed by atoms with Crippen molar-refractivity contribution in [3.63, 3.8) is 0 Å². The Kier molecular flexibility index (Phi) is 3.92. The number of carboxylic acid groups (broad SMARTS) is 1. The van der Waals surface area contributed by atoms with E-state index in [0.29, 0.717) is 6.54 Å². The Hall–Kier alpha value is -2.97. The number of nitrogens with two attached hydrogens (primary N) is 1. The highest BCUT2D eigenvalue weighted by molar-refractivity contribution is 6.00. The van der Waals surface area contributed by atoms with E-state index in [-0.39, 0.29) is 22.8 Å². The summed E-state index contributed by atoms with van der Waals surface area (Å²) in [6, 6.07) is 0.561. The van der Waals surface area contributed by atoms with Crippen molar-refractivity contribution < 1.29 is 19.5 Å². The SMILES string of the molecule is CC1CCCN(C(=O)c2ccnc3c(C(N)=O)cnn23)C1C(=O)O. The van der Waals surface area contributed by atoms with Gasteiger partial charge in [-0.3, -0.25) is 9.59 Å². The second-order valence-electron chi connectivity index (χ2n) is 5.89. The monoisotopic (exact) mass is 331 g/mol. The molecule has 0 aromatic carbocycles. The fraction of sp³-hybridized carbons (Fsp3) is 0.400. The molecule has 2 unspecified atom stereocenters. The molecule has 126 valence electrons. The van der Waals surface area contributed by atoms with Gasteiger partial charge in [-0.1, -0.05) is 6.92 Å². The summed E-state index contributed by atoms with van der Waals surface area (Å²) in [6.07, 6.45) is 4.10. The van der Waals surface area contributed by atoms with Crippen molar-refractivity contribution in [3.05, 3.63) is 29.7 Å². The van der Waals surface area contributed by atoms with Gasteiger partial charge >= 0.3 is 5.97 Å². The maximum atomic E-state index is 12.9. The Morgan fingerprint density at radius 1 is 1.38 bits per heavy atom. The first-order valence-electron chi connectivity index (χ1n) is 7.58. The summed E-state index contributed by atoms with van der Waals surface area (Å²) >= 11 is 0. The molecule has 0 radical (unpaired) electrons. The highest BCUT2D eigenvalue weighted by Gasteiger charge is 2.38. The Labute approximate surface area is 137 Å². The van der Waals surface area contributed by atoms with Crippen molar-refractivity contribution in [2.45, 2.75) is 25.8 Å². The molecule has 2 atom stereocenters. The molecule has 2 amide bonds. The van der Waals surface area contributed by atoms with Crippen LogP contribution < -0.4 is 5.73 Å². The molecule has 0 aliphatic carbocycles. The van der Waals surface area contributed by atoms with E-state index >= 15 is 0 Å². The van der Waals surface area contributed by atoms with E-state index in [1.165, 1.54) is 27.9 Å². The highest BCUT2D eigenvalue weighted by atomic mass is 16.4. The van der Waals surface area contributed by atoms with Crippen LogP contribution in [0.1, 0.15) is 40.6 Å². The third-order valence-corrected chi connectivity index (χ3v) is 4.33. The number of aromatic nitrogens is 3. The smallest absolute Gasteiger partial charge is 0.326 e. The van der Waals surface area contributed by atoms with Crippen LogP contribution in [0, 0.1) is 5.92 Å². The zero-order valence-electron chi connectivity index (χ0n) is 13.0. The minimum absolute atomic E-state index is 0.103. The van der Waals surface area contributed by atoms with E-state index in [1.54, 1.807) is 0 Å². The second kappa shape index (κ2) is 5.91. The second-order valence-corrected chi connectivity index (χ2v) is 5.89. The Morgan fingerprint density at radius 2 is 2.12 bits per heavy atom. The average molecular weight is 331 g/mol. The largest absolute Gasteiger partial charge is 0.480 e. The first-order valence-corrected chi connectivity index (χ1v) is 7.58. The number of amides is 2. The highest BCUT2D eigenvalue weighted by Crippen LogP contribution is 2.25. The van der Waals surface area contributed by atoms with Crippen LogP contribution in [-0.4, -0.2) is 55.0 Å². The maximum Gasteiger partial charge on any atom is 0.326 e. The lowest BCUT2D eigenvalue weighted by atomic mass is 9.90. The molecule has 9 heteroatoms. The van der Waals surface area contributed by atoms with E-state index < -0.39 is 23.8 Å². The average Bonchev–Trinajstić information content (AvgIpc) is 2.97. The molecule has 1 fully saturated rings. The van der Waals surface area contributed by atoms with Crippen LogP contribution in [-0.2, 0) is 4.79 Å². The molecule has 3 heterocycles. The van der Waals surface area contributed by atoms with Crippen LogP contribution >= 0.6 is 0 Å². The van der Waals surface area contributed by atoms with Crippen molar-refractivity contribution in [3.8, 4) is 0 Å². The number of carbonyl (C=O) groups excluding carboxylic acids is 2. The normalized spacial score (nSPS) is 21.0. The van der Waals surface area contributed by atoms with Gasteiger partial charge in [-0.2, -0.15) is 5.10 Å². The lowest BCUT2D eigenvalue weighted by Crippen LogP contribution is -2.52. The molecule has 2 aromatic rings.